The Morgan fingerprint density at radius 2 is 1.75 bits per heavy atom. The molecule has 6 unspecified atom stereocenters. The third-order valence-electron chi connectivity index (χ3n) is 11.1. The number of likely N-dealkylation sites (N-methyl/N-ethyl adjacent to an activating group) is 1. The number of aliphatic hydroxyl groups excluding tert-OH is 2. The highest BCUT2D eigenvalue weighted by Gasteiger charge is 2.65. The second-order valence-electron chi connectivity index (χ2n) is 14.4. The van der Waals surface area contributed by atoms with E-state index in [-0.39, 0.29) is 50.6 Å². The minimum Gasteiger partial charge on any atom is -0.459 e. The molecule has 0 spiro atoms. The van der Waals surface area contributed by atoms with Crippen molar-refractivity contribution in [2.75, 3.05) is 40.2 Å². The standard InChI is InChI=1S/C44H54N2O8S/c1-5-25-52-44-40(46(2)43(49)51-29-30-13-7-6-8-14-30)28-38(45-50-3)36-26-31(15-9-11-23-47)35(16-10-12-24-48)41(42(36)44)37-27-33(19-22-39(37)54-44)53-32-17-20-34(55-4)21-18-32/h5-8,13-14,17-22,26-27,31,35,40-42,47-48H,1,9-12,15-16,23-25,28-29H2,2-4H3. The summed E-state index contributed by atoms with van der Waals surface area (Å²) in [5.41, 5.74) is 3.55. The number of ether oxygens (including phenoxy) is 4. The summed E-state index contributed by atoms with van der Waals surface area (Å²) in [6.45, 7) is 4.51. The normalized spacial score (nSPS) is 24.5. The molecule has 6 rings (SSSR count). The van der Waals surface area contributed by atoms with E-state index in [1.54, 1.807) is 29.8 Å². The van der Waals surface area contributed by atoms with Crippen LogP contribution in [-0.2, 0) is 20.9 Å². The molecule has 1 aliphatic heterocycles. The van der Waals surface area contributed by atoms with E-state index in [2.05, 4.69) is 23.9 Å². The Balaban J connectivity index is 1.50. The number of thioether (sulfide) groups is 1. The highest BCUT2D eigenvalue weighted by molar-refractivity contribution is 7.98. The molecule has 1 amide bonds. The zero-order valence-corrected chi connectivity index (χ0v) is 32.9. The molecule has 0 radical (unpaired) electrons. The number of hydrogen-bond acceptors (Lipinski definition) is 10. The smallest absolute Gasteiger partial charge is 0.410 e. The molecule has 11 heteroatoms. The number of fused-ring (bicyclic) bond motifs is 2. The van der Waals surface area contributed by atoms with E-state index >= 15 is 0 Å². The monoisotopic (exact) mass is 770 g/mol. The molecule has 1 fully saturated rings. The predicted molar refractivity (Wildman–Crippen MR) is 215 cm³/mol. The molecule has 0 aromatic heterocycles. The summed E-state index contributed by atoms with van der Waals surface area (Å²) < 4.78 is 26.5. The second kappa shape index (κ2) is 19.0. The third kappa shape index (κ3) is 8.91. The number of oxime groups is 1. The number of rotatable bonds is 18. The van der Waals surface area contributed by atoms with Gasteiger partial charge in [0, 0.05) is 43.1 Å². The van der Waals surface area contributed by atoms with E-state index in [1.807, 2.05) is 73.0 Å². The van der Waals surface area contributed by atoms with Crippen molar-refractivity contribution in [1.82, 2.24) is 4.90 Å². The summed E-state index contributed by atoms with van der Waals surface area (Å²) in [4.78, 5) is 22.2. The van der Waals surface area contributed by atoms with Crippen molar-refractivity contribution < 1.29 is 38.8 Å². The van der Waals surface area contributed by atoms with Crippen molar-refractivity contribution in [3.05, 3.63) is 108 Å². The van der Waals surface area contributed by atoms with Gasteiger partial charge in [-0.3, -0.25) is 0 Å². The van der Waals surface area contributed by atoms with E-state index < -0.39 is 23.8 Å². The fourth-order valence-electron chi connectivity index (χ4n) is 8.63. The van der Waals surface area contributed by atoms with Gasteiger partial charge in [0.05, 0.1) is 18.2 Å². The van der Waals surface area contributed by atoms with Crippen LogP contribution in [0.3, 0.4) is 0 Å². The molecule has 3 aromatic rings. The Morgan fingerprint density at radius 3 is 2.44 bits per heavy atom. The number of aliphatic hydroxyl groups is 2. The van der Waals surface area contributed by atoms with Crippen LogP contribution in [0.25, 0.3) is 0 Å². The van der Waals surface area contributed by atoms with Crippen LogP contribution in [-0.4, -0.2) is 79.0 Å². The van der Waals surface area contributed by atoms with Gasteiger partial charge in [-0.15, -0.1) is 18.3 Å². The van der Waals surface area contributed by atoms with Gasteiger partial charge in [-0.05, 0) is 97.4 Å². The van der Waals surface area contributed by atoms with Gasteiger partial charge in [0.2, 0.25) is 5.79 Å². The van der Waals surface area contributed by atoms with Crippen molar-refractivity contribution in [2.45, 2.75) is 74.2 Å². The molecule has 2 aliphatic carbocycles. The summed E-state index contributed by atoms with van der Waals surface area (Å²) in [6, 6.07) is 22.9. The van der Waals surface area contributed by atoms with Crippen molar-refractivity contribution in [2.24, 2.45) is 22.9 Å². The number of amides is 1. The molecule has 2 N–H and O–H groups in total. The maximum absolute atomic E-state index is 14.0. The number of hydrogen-bond donors (Lipinski definition) is 2. The first-order valence-electron chi connectivity index (χ1n) is 19.2. The van der Waals surface area contributed by atoms with Crippen LogP contribution in [0, 0.1) is 17.8 Å². The number of allylic oxidation sites excluding steroid dienone is 1. The molecular formula is C44H54N2O8S. The van der Waals surface area contributed by atoms with Gasteiger partial charge < -0.3 is 38.9 Å². The first-order valence-corrected chi connectivity index (χ1v) is 20.5. The molecule has 0 bridgehead atoms. The molecule has 1 saturated carbocycles. The lowest BCUT2D eigenvalue weighted by atomic mass is 9.55. The highest BCUT2D eigenvalue weighted by Crippen LogP contribution is 2.62. The average molecular weight is 771 g/mol. The fourth-order valence-corrected chi connectivity index (χ4v) is 9.04. The van der Waals surface area contributed by atoms with Gasteiger partial charge >= 0.3 is 6.09 Å². The number of unbranched alkanes of at least 4 members (excludes halogenated alkanes) is 2. The molecule has 294 valence electrons. The lowest BCUT2D eigenvalue weighted by Gasteiger charge is -2.59. The fraction of sp³-hybridized carbons (Fsp3) is 0.455. The van der Waals surface area contributed by atoms with E-state index in [0.29, 0.717) is 24.3 Å². The Labute approximate surface area is 329 Å². The van der Waals surface area contributed by atoms with Gasteiger partial charge in [-0.25, -0.2) is 4.79 Å². The highest BCUT2D eigenvalue weighted by atomic mass is 32.2. The number of carbonyl (C=O) groups excluding carboxylic acids is 1. The van der Waals surface area contributed by atoms with Crippen molar-refractivity contribution in [3.8, 4) is 17.2 Å². The lowest BCUT2D eigenvalue weighted by molar-refractivity contribution is -0.253. The predicted octanol–water partition coefficient (Wildman–Crippen LogP) is 8.73. The van der Waals surface area contributed by atoms with E-state index in [1.165, 1.54) is 7.11 Å². The van der Waals surface area contributed by atoms with Crippen molar-refractivity contribution in [3.63, 3.8) is 0 Å². The minimum atomic E-state index is -1.35. The first-order chi connectivity index (χ1) is 26.9. The topological polar surface area (TPSA) is 119 Å². The Bertz CT molecular complexity index is 1800. The SMILES string of the molecule is C=CCOC12Oc3ccc(Oc4ccc(SC)cc4)cc3C3C(CCCCO)C(CCCCO)C=C(C(=NOC)CC1N(C)C(=O)OCc1ccccc1)C32. The minimum absolute atomic E-state index is 0.0994. The average Bonchev–Trinajstić information content (AvgIpc) is 3.21. The Morgan fingerprint density at radius 1 is 1.02 bits per heavy atom. The first kappa shape index (κ1) is 40.4. The van der Waals surface area contributed by atoms with Crippen LogP contribution in [0.4, 0.5) is 4.79 Å². The van der Waals surface area contributed by atoms with Crippen LogP contribution in [0.1, 0.15) is 62.0 Å². The maximum Gasteiger partial charge on any atom is 0.410 e. The van der Waals surface area contributed by atoms with Crippen LogP contribution in [0.5, 0.6) is 17.2 Å². The molecular weight excluding hydrogens is 717 g/mol. The number of nitrogens with zero attached hydrogens (tertiary/aromatic N) is 2. The molecule has 3 aliphatic rings. The van der Waals surface area contributed by atoms with Crippen LogP contribution in [0.2, 0.25) is 0 Å². The Kier molecular flexibility index (Phi) is 14.0. The molecule has 10 nitrogen and oxygen atoms in total. The number of benzene rings is 3. The summed E-state index contributed by atoms with van der Waals surface area (Å²) in [7, 11) is 3.26. The zero-order valence-electron chi connectivity index (χ0n) is 32.1. The molecule has 1 heterocycles. The number of carbonyl (C=O) groups is 1. The zero-order chi connectivity index (χ0) is 38.8. The quantitative estimate of drug-likeness (QED) is 0.0567. The Hall–Kier alpha value is -4.29. The summed E-state index contributed by atoms with van der Waals surface area (Å²) >= 11 is 1.68. The van der Waals surface area contributed by atoms with E-state index in [4.69, 9.17) is 23.8 Å². The summed E-state index contributed by atoms with van der Waals surface area (Å²) in [6.07, 6.45) is 10.6. The van der Waals surface area contributed by atoms with Gasteiger partial charge in [0.1, 0.15) is 37.0 Å². The largest absolute Gasteiger partial charge is 0.459 e. The van der Waals surface area contributed by atoms with Crippen molar-refractivity contribution in [1.29, 1.82) is 0 Å². The molecule has 0 saturated heterocycles. The van der Waals surface area contributed by atoms with Crippen LogP contribution < -0.4 is 9.47 Å². The summed E-state index contributed by atoms with van der Waals surface area (Å²) in [5.74, 6) is 0.358. The molecule has 55 heavy (non-hydrogen) atoms. The van der Waals surface area contributed by atoms with Crippen LogP contribution >= 0.6 is 11.8 Å². The second-order valence-corrected chi connectivity index (χ2v) is 15.3. The third-order valence-corrected chi connectivity index (χ3v) is 11.8. The van der Waals surface area contributed by atoms with E-state index in [9.17, 15) is 15.0 Å². The van der Waals surface area contributed by atoms with Gasteiger partial charge in [0.15, 0.2) is 0 Å². The lowest BCUT2D eigenvalue weighted by Crippen LogP contribution is -2.69. The molecule has 6 atom stereocenters. The van der Waals surface area contributed by atoms with Crippen molar-refractivity contribution >= 4 is 23.6 Å². The van der Waals surface area contributed by atoms with Gasteiger partial charge in [-0.1, -0.05) is 60.5 Å². The summed E-state index contributed by atoms with van der Waals surface area (Å²) in [5, 5.41) is 24.2. The van der Waals surface area contributed by atoms with E-state index in [0.717, 1.165) is 58.7 Å². The van der Waals surface area contributed by atoms with Crippen LogP contribution in [0.15, 0.2) is 107 Å². The van der Waals surface area contributed by atoms with Gasteiger partial charge in [-0.2, -0.15) is 0 Å². The molecule has 3 aromatic carbocycles. The maximum atomic E-state index is 14.0. The van der Waals surface area contributed by atoms with Gasteiger partial charge in [0.25, 0.3) is 0 Å².